The summed E-state index contributed by atoms with van der Waals surface area (Å²) in [6.07, 6.45) is 4.70. The van der Waals surface area contributed by atoms with E-state index in [0.29, 0.717) is 5.65 Å². The third-order valence-electron chi connectivity index (χ3n) is 2.43. The van der Waals surface area contributed by atoms with Crippen molar-refractivity contribution in [2.45, 2.75) is 0 Å². The zero-order chi connectivity index (χ0) is 11.7. The first-order valence-electron chi connectivity index (χ1n) is 5.09. The Hall–Kier alpha value is -2.56. The van der Waals surface area contributed by atoms with Gasteiger partial charge in [0.15, 0.2) is 5.65 Å². The van der Waals surface area contributed by atoms with E-state index in [2.05, 4.69) is 15.0 Å². The first-order chi connectivity index (χ1) is 8.34. The van der Waals surface area contributed by atoms with Gasteiger partial charge in [0.25, 0.3) is 0 Å². The molecule has 3 rings (SSSR count). The minimum absolute atomic E-state index is 0.345. The Labute approximate surface area is 96.4 Å². The van der Waals surface area contributed by atoms with Crippen molar-refractivity contribution in [3.05, 3.63) is 59.5 Å². The molecular formula is C12H8N4O. The maximum Gasteiger partial charge on any atom is 0.354 e. The number of fused-ring (bicyclic) bond motifs is 1. The lowest BCUT2D eigenvalue weighted by Crippen LogP contribution is -2.20. The molecule has 0 aliphatic rings. The molecule has 0 atom stereocenters. The minimum atomic E-state index is -0.345. The lowest BCUT2D eigenvalue weighted by atomic mass is 10.3. The summed E-state index contributed by atoms with van der Waals surface area (Å²) in [5.74, 6) is 0. The van der Waals surface area contributed by atoms with Gasteiger partial charge in [0.1, 0.15) is 6.33 Å². The van der Waals surface area contributed by atoms with Crippen LogP contribution in [0, 0.1) is 0 Å². The molecule has 0 amide bonds. The van der Waals surface area contributed by atoms with E-state index in [-0.39, 0.29) is 5.69 Å². The number of rotatable bonds is 1. The van der Waals surface area contributed by atoms with Crippen molar-refractivity contribution in [1.29, 1.82) is 0 Å². The lowest BCUT2D eigenvalue weighted by Gasteiger charge is -2.04. The van der Waals surface area contributed by atoms with Gasteiger partial charge in [-0.2, -0.15) is 4.98 Å². The molecule has 17 heavy (non-hydrogen) atoms. The molecule has 0 radical (unpaired) electrons. The molecule has 0 unspecified atom stereocenters. The summed E-state index contributed by atoms with van der Waals surface area (Å²) in [6, 6.07) is 9.32. The smallest absolute Gasteiger partial charge is 0.267 e. The summed E-state index contributed by atoms with van der Waals surface area (Å²) in [4.78, 5) is 23.6. The van der Waals surface area contributed by atoms with E-state index in [0.717, 1.165) is 11.1 Å². The number of para-hydroxylation sites is 1. The second-order valence-electron chi connectivity index (χ2n) is 3.53. The van der Waals surface area contributed by atoms with Crippen LogP contribution in [0.1, 0.15) is 0 Å². The van der Waals surface area contributed by atoms with Crippen LogP contribution in [0.15, 0.2) is 53.8 Å². The highest BCUT2D eigenvalue weighted by molar-refractivity contribution is 5.71. The van der Waals surface area contributed by atoms with E-state index in [1.165, 1.54) is 10.9 Å². The zero-order valence-corrected chi connectivity index (χ0v) is 8.82. The Kier molecular flexibility index (Phi) is 2.15. The van der Waals surface area contributed by atoms with Gasteiger partial charge < -0.3 is 0 Å². The van der Waals surface area contributed by atoms with E-state index >= 15 is 0 Å². The summed E-state index contributed by atoms with van der Waals surface area (Å²) in [7, 11) is 0. The molecule has 1 aromatic carbocycles. The van der Waals surface area contributed by atoms with E-state index in [4.69, 9.17) is 0 Å². The fourth-order valence-electron chi connectivity index (χ4n) is 1.63. The van der Waals surface area contributed by atoms with Crippen LogP contribution >= 0.6 is 0 Å². The van der Waals surface area contributed by atoms with E-state index < -0.39 is 0 Å². The number of nitrogens with zero attached hydrogens (tertiary/aromatic N) is 4. The SMILES string of the molecule is O=c1nc2ncncc2cn1-c1ccccc1. The Morgan fingerprint density at radius 1 is 1.12 bits per heavy atom. The Morgan fingerprint density at radius 2 is 1.94 bits per heavy atom. The van der Waals surface area contributed by atoms with Crippen LogP contribution in [-0.2, 0) is 0 Å². The van der Waals surface area contributed by atoms with Crippen LogP contribution in [0.4, 0.5) is 0 Å². The summed E-state index contributed by atoms with van der Waals surface area (Å²) in [6.45, 7) is 0. The number of benzene rings is 1. The van der Waals surface area contributed by atoms with Gasteiger partial charge in [0.2, 0.25) is 0 Å². The second-order valence-corrected chi connectivity index (χ2v) is 3.53. The average Bonchev–Trinajstić information content (AvgIpc) is 2.39. The van der Waals surface area contributed by atoms with Crippen molar-refractivity contribution < 1.29 is 0 Å². The molecule has 0 N–H and O–H groups in total. The van der Waals surface area contributed by atoms with Gasteiger partial charge in [0, 0.05) is 12.4 Å². The van der Waals surface area contributed by atoms with Crippen LogP contribution in [0.3, 0.4) is 0 Å². The largest absolute Gasteiger partial charge is 0.354 e. The summed E-state index contributed by atoms with van der Waals surface area (Å²) in [5, 5.41) is 0.732. The molecule has 0 saturated carbocycles. The van der Waals surface area contributed by atoms with Gasteiger partial charge in [-0.3, -0.25) is 4.57 Å². The molecule has 2 aromatic heterocycles. The molecule has 5 nitrogen and oxygen atoms in total. The van der Waals surface area contributed by atoms with E-state index in [1.807, 2.05) is 30.3 Å². The van der Waals surface area contributed by atoms with Gasteiger partial charge in [0.05, 0.1) is 11.1 Å². The Bertz CT molecular complexity index is 721. The van der Waals surface area contributed by atoms with Crippen molar-refractivity contribution in [3.8, 4) is 5.69 Å². The number of aromatic nitrogens is 4. The fourth-order valence-corrected chi connectivity index (χ4v) is 1.63. The van der Waals surface area contributed by atoms with Crippen molar-refractivity contribution in [2.24, 2.45) is 0 Å². The van der Waals surface area contributed by atoms with E-state index in [1.54, 1.807) is 12.4 Å². The first kappa shape index (κ1) is 9.65. The standard InChI is InChI=1S/C12H8N4O/c17-12-15-11-9(6-13-8-14-11)7-16(12)10-4-2-1-3-5-10/h1-8H. The van der Waals surface area contributed by atoms with Gasteiger partial charge in [-0.25, -0.2) is 14.8 Å². The summed E-state index contributed by atoms with van der Waals surface area (Å²) < 4.78 is 1.48. The highest BCUT2D eigenvalue weighted by atomic mass is 16.1. The average molecular weight is 224 g/mol. The van der Waals surface area contributed by atoms with Gasteiger partial charge >= 0.3 is 5.69 Å². The van der Waals surface area contributed by atoms with E-state index in [9.17, 15) is 4.79 Å². The predicted octanol–water partition coefficient (Wildman–Crippen LogP) is 1.18. The predicted molar refractivity (Wildman–Crippen MR) is 62.9 cm³/mol. The molecule has 0 saturated heterocycles. The van der Waals surface area contributed by atoms with Gasteiger partial charge in [-0.05, 0) is 12.1 Å². The van der Waals surface area contributed by atoms with Crippen molar-refractivity contribution in [3.63, 3.8) is 0 Å². The van der Waals surface area contributed by atoms with Crippen molar-refractivity contribution in [2.75, 3.05) is 0 Å². The molecule has 3 aromatic rings. The molecule has 0 aliphatic carbocycles. The van der Waals surface area contributed by atoms with Crippen LogP contribution in [-0.4, -0.2) is 19.5 Å². The third kappa shape index (κ3) is 1.67. The molecule has 5 heteroatoms. The second kappa shape index (κ2) is 3.79. The maximum atomic E-state index is 11.8. The Morgan fingerprint density at radius 3 is 2.76 bits per heavy atom. The molecule has 82 valence electrons. The van der Waals surface area contributed by atoms with Crippen LogP contribution in [0.5, 0.6) is 0 Å². The number of hydrogen-bond acceptors (Lipinski definition) is 4. The van der Waals surface area contributed by atoms with Crippen molar-refractivity contribution in [1.82, 2.24) is 19.5 Å². The first-order valence-corrected chi connectivity index (χ1v) is 5.09. The summed E-state index contributed by atoms with van der Waals surface area (Å²) >= 11 is 0. The molecular weight excluding hydrogens is 216 g/mol. The quantitative estimate of drug-likeness (QED) is 0.622. The van der Waals surface area contributed by atoms with Crippen LogP contribution < -0.4 is 5.69 Å². The number of hydrogen-bond donors (Lipinski definition) is 0. The zero-order valence-electron chi connectivity index (χ0n) is 8.82. The third-order valence-corrected chi connectivity index (χ3v) is 2.43. The molecule has 0 fully saturated rings. The fraction of sp³-hybridized carbons (Fsp3) is 0. The normalized spacial score (nSPS) is 10.6. The van der Waals surface area contributed by atoms with Gasteiger partial charge in [-0.15, -0.1) is 0 Å². The lowest BCUT2D eigenvalue weighted by molar-refractivity contribution is 0.927. The molecule has 0 bridgehead atoms. The molecule has 0 spiro atoms. The molecule has 0 aliphatic heterocycles. The summed E-state index contributed by atoms with van der Waals surface area (Å²) in [5.41, 5.74) is 0.843. The van der Waals surface area contributed by atoms with Gasteiger partial charge in [-0.1, -0.05) is 18.2 Å². The van der Waals surface area contributed by atoms with Crippen LogP contribution in [0.2, 0.25) is 0 Å². The highest BCUT2D eigenvalue weighted by Gasteiger charge is 2.03. The van der Waals surface area contributed by atoms with Crippen molar-refractivity contribution >= 4 is 11.0 Å². The maximum absolute atomic E-state index is 11.8. The topological polar surface area (TPSA) is 60.7 Å². The Balaban J connectivity index is 2.31. The minimum Gasteiger partial charge on any atom is -0.267 e. The van der Waals surface area contributed by atoms with Crippen LogP contribution in [0.25, 0.3) is 16.7 Å². The monoisotopic (exact) mass is 224 g/mol. The highest BCUT2D eigenvalue weighted by Crippen LogP contribution is 2.08. The molecule has 2 heterocycles.